The number of aryl methyl sites for hydroxylation is 1. The van der Waals surface area contributed by atoms with Crippen molar-refractivity contribution in [2.45, 2.75) is 59.3 Å². The Morgan fingerprint density at radius 1 is 0.966 bits per heavy atom. The molecule has 2 aromatic rings. The van der Waals surface area contributed by atoms with Crippen LogP contribution in [0.15, 0.2) is 30.3 Å². The number of hydrogen-bond donors (Lipinski definition) is 1. The van der Waals surface area contributed by atoms with E-state index in [2.05, 4.69) is 97.8 Å². The summed E-state index contributed by atoms with van der Waals surface area (Å²) in [6.45, 7) is 15.4. The zero-order valence-electron chi connectivity index (χ0n) is 19.0. The molecule has 1 N–H and O–H groups in total. The van der Waals surface area contributed by atoms with Crippen LogP contribution in [0.3, 0.4) is 0 Å². The predicted octanol–water partition coefficient (Wildman–Crippen LogP) is 6.37. The van der Waals surface area contributed by atoms with E-state index in [-0.39, 0.29) is 10.8 Å². The van der Waals surface area contributed by atoms with Gasteiger partial charge in [0.15, 0.2) is 0 Å². The molecule has 0 fully saturated rings. The maximum absolute atomic E-state index is 11.1. The van der Waals surface area contributed by atoms with Gasteiger partial charge < -0.3 is 10.0 Å². The van der Waals surface area contributed by atoms with Crippen molar-refractivity contribution < 1.29 is 22.1 Å². The van der Waals surface area contributed by atoms with Gasteiger partial charge in [-0.1, -0.05) is 68.3 Å². The second kappa shape index (κ2) is 10.9. The Hall–Kier alpha value is -0.236. The number of anilines is 1. The Balaban J connectivity index is 0.00000132. The zero-order valence-corrected chi connectivity index (χ0v) is 23.1. The second-order valence-corrected chi connectivity index (χ2v) is 13.3. The van der Waals surface area contributed by atoms with E-state index in [1.54, 1.807) is 0 Å². The van der Waals surface area contributed by atoms with E-state index in [0.717, 1.165) is 10.9 Å². The molecule has 0 aliphatic rings. The standard InChI is InChI=1S/C23H34NOP.2ClH.Ti/c1-15-11-10-12-18(24(8)9)21(15)26-19-14-16(22(2,3)4)13-17(20(19)25)23(5,6)7;;;/h10-14,25-26H,1-9H3;2*1H;/q;;;+2/p-2. The van der Waals surface area contributed by atoms with Crippen LogP contribution >= 0.6 is 27.2 Å². The fourth-order valence-corrected chi connectivity index (χ4v) is 4.52. The Bertz CT molecular complexity index is 827. The van der Waals surface area contributed by atoms with Crippen molar-refractivity contribution in [2.75, 3.05) is 19.0 Å². The first-order valence-corrected chi connectivity index (χ1v) is 14.9. The van der Waals surface area contributed by atoms with Crippen molar-refractivity contribution in [3.05, 3.63) is 47.0 Å². The fourth-order valence-electron chi connectivity index (χ4n) is 3.06. The number of benzene rings is 2. The van der Waals surface area contributed by atoms with Crippen LogP contribution in [0.5, 0.6) is 5.75 Å². The van der Waals surface area contributed by atoms with Crippen LogP contribution in [-0.2, 0) is 27.9 Å². The first-order valence-electron chi connectivity index (χ1n) is 9.62. The molecule has 0 saturated carbocycles. The van der Waals surface area contributed by atoms with Gasteiger partial charge in [0.05, 0.1) is 0 Å². The molecular formula is C23H34Cl2NOPTi. The van der Waals surface area contributed by atoms with Crippen LogP contribution in [0.4, 0.5) is 5.69 Å². The molecule has 2 rings (SSSR count). The molecule has 0 radical (unpaired) electrons. The molecule has 6 heteroatoms. The number of hydrogen-bond acceptors (Lipinski definition) is 2. The summed E-state index contributed by atoms with van der Waals surface area (Å²) in [6.07, 6.45) is 0. The molecule has 2 aromatic carbocycles. The molecule has 0 bridgehead atoms. The van der Waals surface area contributed by atoms with Gasteiger partial charge in [-0.3, -0.25) is 0 Å². The van der Waals surface area contributed by atoms with Crippen molar-refractivity contribution in [2.24, 2.45) is 0 Å². The number of rotatable bonds is 3. The Morgan fingerprint density at radius 3 is 1.97 bits per heavy atom. The summed E-state index contributed by atoms with van der Waals surface area (Å²) < 4.78 is 0. The number of phenols is 1. The summed E-state index contributed by atoms with van der Waals surface area (Å²) in [7, 11) is 14.4. The minimum absolute atomic E-state index is 0.0447. The van der Waals surface area contributed by atoms with Crippen LogP contribution in [0.1, 0.15) is 58.2 Å². The van der Waals surface area contributed by atoms with E-state index in [1.807, 2.05) is 0 Å². The van der Waals surface area contributed by atoms with Crippen LogP contribution in [0.2, 0.25) is 0 Å². The third-order valence-electron chi connectivity index (χ3n) is 4.78. The van der Waals surface area contributed by atoms with Crippen molar-refractivity contribution in [1.29, 1.82) is 0 Å². The maximum atomic E-state index is 11.1. The van der Waals surface area contributed by atoms with Gasteiger partial charge in [0, 0.05) is 36.0 Å². The molecule has 2 nitrogen and oxygen atoms in total. The Labute approximate surface area is 195 Å². The predicted molar refractivity (Wildman–Crippen MR) is 130 cm³/mol. The SMILES string of the molecule is Cc1cccc(N(C)C)c1Pc1cc(C(C)(C)C)cc(C(C)(C)C)c1O.[Cl][Ti][Cl]. The topological polar surface area (TPSA) is 23.5 Å². The minimum atomic E-state index is -0.556. The Morgan fingerprint density at radius 2 is 1.52 bits per heavy atom. The van der Waals surface area contributed by atoms with Crippen molar-refractivity contribution in [3.8, 4) is 5.75 Å². The third-order valence-corrected chi connectivity index (χ3v) is 6.33. The summed E-state index contributed by atoms with van der Waals surface area (Å²) in [4.78, 5) is 2.16. The van der Waals surface area contributed by atoms with Crippen molar-refractivity contribution in [1.82, 2.24) is 0 Å². The summed E-state index contributed by atoms with van der Waals surface area (Å²) in [6, 6.07) is 10.8. The van der Waals surface area contributed by atoms with E-state index in [0.29, 0.717) is 14.3 Å². The molecule has 1 atom stereocenters. The molecule has 160 valence electrons. The second-order valence-electron chi connectivity index (χ2n) is 9.48. The van der Waals surface area contributed by atoms with E-state index in [1.165, 1.54) is 22.1 Å². The fraction of sp³-hybridized carbons (Fsp3) is 0.478. The van der Waals surface area contributed by atoms with Gasteiger partial charge in [0.2, 0.25) is 0 Å². The number of aromatic hydroxyl groups is 1. The van der Waals surface area contributed by atoms with Gasteiger partial charge in [-0.05, 0) is 41.0 Å². The molecule has 0 aliphatic carbocycles. The van der Waals surface area contributed by atoms with Gasteiger partial charge in [-0.15, -0.1) is 0 Å². The average molecular weight is 490 g/mol. The van der Waals surface area contributed by atoms with Gasteiger partial charge in [0.1, 0.15) is 5.75 Å². The summed E-state index contributed by atoms with van der Waals surface area (Å²) in [5, 5.41) is 13.4. The van der Waals surface area contributed by atoms with E-state index < -0.39 is 17.0 Å². The van der Waals surface area contributed by atoms with Gasteiger partial charge in [-0.2, -0.15) is 0 Å². The van der Waals surface area contributed by atoms with E-state index in [4.69, 9.17) is 18.6 Å². The summed E-state index contributed by atoms with van der Waals surface area (Å²) in [5.74, 6) is 0.455. The van der Waals surface area contributed by atoms with E-state index in [9.17, 15) is 5.11 Å². The van der Waals surface area contributed by atoms with Crippen molar-refractivity contribution >= 4 is 43.5 Å². The summed E-state index contributed by atoms with van der Waals surface area (Å²) in [5.41, 5.74) is 4.76. The van der Waals surface area contributed by atoms with Crippen molar-refractivity contribution in [3.63, 3.8) is 0 Å². The summed E-state index contributed by atoms with van der Waals surface area (Å²) >= 11 is -0.556. The molecule has 0 heterocycles. The normalized spacial score (nSPS) is 12.0. The van der Waals surface area contributed by atoms with Crippen LogP contribution in [-0.4, -0.2) is 19.2 Å². The molecule has 1 unspecified atom stereocenters. The number of nitrogens with zero attached hydrogens (tertiary/aromatic N) is 1. The van der Waals surface area contributed by atoms with Crippen LogP contribution in [0.25, 0.3) is 0 Å². The monoisotopic (exact) mass is 489 g/mol. The number of phenolic OH excluding ortho intramolecular Hbond substituents is 1. The van der Waals surface area contributed by atoms with Gasteiger partial charge in [-0.25, -0.2) is 0 Å². The van der Waals surface area contributed by atoms with Crippen LogP contribution in [0, 0.1) is 6.92 Å². The molecule has 0 aliphatic heterocycles. The molecule has 0 saturated heterocycles. The quantitative estimate of drug-likeness (QED) is 0.400. The Kier molecular flexibility index (Phi) is 10.0. The first kappa shape index (κ1) is 26.8. The van der Waals surface area contributed by atoms with Crippen LogP contribution < -0.4 is 15.5 Å². The average Bonchev–Trinajstić information content (AvgIpc) is 2.56. The van der Waals surface area contributed by atoms with E-state index >= 15 is 0 Å². The molecule has 0 amide bonds. The van der Waals surface area contributed by atoms with Gasteiger partial charge >= 0.3 is 35.6 Å². The molecule has 0 aromatic heterocycles. The third kappa shape index (κ3) is 7.44. The van der Waals surface area contributed by atoms with Gasteiger partial charge in [0.25, 0.3) is 0 Å². The molecule has 29 heavy (non-hydrogen) atoms. The molecule has 0 spiro atoms. The number of halogens is 2. The zero-order chi connectivity index (χ0) is 22.6. The molecular weight excluding hydrogens is 456 g/mol. The first-order chi connectivity index (χ1) is 13.2.